The Morgan fingerprint density at radius 1 is 1.23 bits per heavy atom. The van der Waals surface area contributed by atoms with Gasteiger partial charge < -0.3 is 9.80 Å². The SMILES string of the molecule is CC(=O)N1CCCSc2ccc(S(=O)(=O)NCC3CCN(CCC(C)C)CC3)cc21. The first-order valence-corrected chi connectivity index (χ1v) is 13.5. The van der Waals surface area contributed by atoms with Gasteiger partial charge in [-0.1, -0.05) is 13.8 Å². The third-order valence-corrected chi connectivity index (χ3v) is 8.56. The molecule has 2 heterocycles. The van der Waals surface area contributed by atoms with Gasteiger partial charge >= 0.3 is 0 Å². The topological polar surface area (TPSA) is 69.7 Å². The van der Waals surface area contributed by atoms with Crippen molar-refractivity contribution in [2.24, 2.45) is 11.8 Å². The lowest BCUT2D eigenvalue weighted by atomic mass is 9.96. The number of benzene rings is 1. The molecule has 1 N–H and O–H groups in total. The first-order valence-electron chi connectivity index (χ1n) is 11.0. The summed E-state index contributed by atoms with van der Waals surface area (Å²) in [7, 11) is -3.60. The highest BCUT2D eigenvalue weighted by molar-refractivity contribution is 7.99. The summed E-state index contributed by atoms with van der Waals surface area (Å²) in [4.78, 5) is 17.5. The number of likely N-dealkylation sites (tertiary alicyclic amines) is 1. The van der Waals surface area contributed by atoms with Crippen molar-refractivity contribution in [1.82, 2.24) is 9.62 Å². The zero-order valence-electron chi connectivity index (χ0n) is 18.4. The van der Waals surface area contributed by atoms with Crippen LogP contribution in [-0.2, 0) is 14.8 Å². The van der Waals surface area contributed by atoms with Gasteiger partial charge in [-0.2, -0.15) is 0 Å². The summed E-state index contributed by atoms with van der Waals surface area (Å²) in [5, 5.41) is 0. The van der Waals surface area contributed by atoms with Gasteiger partial charge in [0.25, 0.3) is 0 Å². The van der Waals surface area contributed by atoms with Crippen LogP contribution >= 0.6 is 11.8 Å². The monoisotopic (exact) mass is 453 g/mol. The second kappa shape index (κ2) is 10.5. The number of anilines is 1. The van der Waals surface area contributed by atoms with Gasteiger partial charge in [-0.25, -0.2) is 13.1 Å². The first kappa shape index (κ1) is 23.6. The average molecular weight is 454 g/mol. The van der Waals surface area contributed by atoms with Crippen LogP contribution in [0.4, 0.5) is 5.69 Å². The summed E-state index contributed by atoms with van der Waals surface area (Å²) in [5.74, 6) is 1.97. The lowest BCUT2D eigenvalue weighted by Gasteiger charge is -2.32. The fourth-order valence-electron chi connectivity index (χ4n) is 4.02. The van der Waals surface area contributed by atoms with Crippen molar-refractivity contribution in [3.05, 3.63) is 18.2 Å². The number of nitrogens with zero attached hydrogens (tertiary/aromatic N) is 2. The molecular formula is C22H35N3O3S2. The molecule has 3 rings (SSSR count). The molecule has 0 radical (unpaired) electrons. The highest BCUT2D eigenvalue weighted by atomic mass is 32.2. The number of amides is 1. The van der Waals surface area contributed by atoms with Crippen molar-refractivity contribution in [2.45, 2.75) is 56.2 Å². The zero-order valence-corrected chi connectivity index (χ0v) is 20.0. The molecule has 1 aromatic carbocycles. The Morgan fingerprint density at radius 2 is 1.97 bits per heavy atom. The van der Waals surface area contributed by atoms with Crippen molar-refractivity contribution in [2.75, 3.05) is 43.4 Å². The average Bonchev–Trinajstić information content (AvgIpc) is 2.93. The maximum Gasteiger partial charge on any atom is 0.240 e. The van der Waals surface area contributed by atoms with Gasteiger partial charge in [0.2, 0.25) is 15.9 Å². The number of piperidine rings is 1. The number of fused-ring (bicyclic) bond motifs is 1. The van der Waals surface area contributed by atoms with Crippen LogP contribution in [0.3, 0.4) is 0 Å². The molecule has 0 aromatic heterocycles. The number of hydrogen-bond acceptors (Lipinski definition) is 5. The molecule has 1 fully saturated rings. The van der Waals surface area contributed by atoms with E-state index in [0.29, 0.717) is 30.6 Å². The molecule has 0 aliphatic carbocycles. The molecule has 1 aromatic rings. The molecule has 1 amide bonds. The number of carbonyl (C=O) groups excluding carboxylic acids is 1. The van der Waals surface area contributed by atoms with Crippen molar-refractivity contribution >= 4 is 33.4 Å². The van der Waals surface area contributed by atoms with Crippen molar-refractivity contribution in [1.29, 1.82) is 0 Å². The van der Waals surface area contributed by atoms with Gasteiger partial charge in [0.1, 0.15) is 0 Å². The van der Waals surface area contributed by atoms with E-state index in [4.69, 9.17) is 0 Å². The van der Waals surface area contributed by atoms with E-state index in [1.54, 1.807) is 28.8 Å². The lowest BCUT2D eigenvalue weighted by molar-refractivity contribution is -0.116. The van der Waals surface area contributed by atoms with E-state index >= 15 is 0 Å². The predicted octanol–water partition coefficient (Wildman–Crippen LogP) is 3.57. The van der Waals surface area contributed by atoms with Crippen molar-refractivity contribution < 1.29 is 13.2 Å². The minimum Gasteiger partial charge on any atom is -0.311 e. The number of sulfonamides is 1. The van der Waals surface area contributed by atoms with Crippen LogP contribution in [0.2, 0.25) is 0 Å². The number of thioether (sulfide) groups is 1. The smallest absolute Gasteiger partial charge is 0.240 e. The number of rotatable bonds is 7. The third-order valence-electron chi connectivity index (χ3n) is 5.99. The second-order valence-corrected chi connectivity index (χ2v) is 11.7. The van der Waals surface area contributed by atoms with Crippen LogP contribution in [0.5, 0.6) is 0 Å². The van der Waals surface area contributed by atoms with Crippen LogP contribution in [-0.4, -0.2) is 57.7 Å². The van der Waals surface area contributed by atoms with Gasteiger partial charge in [-0.15, -0.1) is 11.8 Å². The summed E-state index contributed by atoms with van der Waals surface area (Å²) in [6.45, 7) is 10.4. The van der Waals surface area contributed by atoms with Gasteiger partial charge in [-0.3, -0.25) is 4.79 Å². The van der Waals surface area contributed by atoms with Crippen LogP contribution in [0, 0.1) is 11.8 Å². The second-order valence-electron chi connectivity index (χ2n) is 8.82. The molecule has 8 heteroatoms. The Kier molecular flexibility index (Phi) is 8.24. The molecule has 0 unspecified atom stereocenters. The van der Waals surface area contributed by atoms with E-state index < -0.39 is 10.0 Å². The van der Waals surface area contributed by atoms with Gasteiger partial charge in [0.15, 0.2) is 0 Å². The molecule has 168 valence electrons. The minimum absolute atomic E-state index is 0.0505. The summed E-state index contributed by atoms with van der Waals surface area (Å²) < 4.78 is 28.7. The molecule has 0 spiro atoms. The largest absolute Gasteiger partial charge is 0.311 e. The Hall–Kier alpha value is -1.09. The van der Waals surface area contributed by atoms with Gasteiger partial charge in [0, 0.05) is 24.9 Å². The summed E-state index contributed by atoms with van der Waals surface area (Å²) in [5.41, 5.74) is 0.714. The summed E-state index contributed by atoms with van der Waals surface area (Å²) in [6.07, 6.45) is 4.17. The Labute approximate surface area is 185 Å². The Morgan fingerprint density at radius 3 is 2.63 bits per heavy atom. The Balaban J connectivity index is 1.61. The third kappa shape index (κ3) is 6.22. The van der Waals surface area contributed by atoms with E-state index in [1.807, 2.05) is 6.07 Å². The fraction of sp³-hybridized carbons (Fsp3) is 0.682. The molecule has 2 aliphatic rings. The maximum atomic E-state index is 12.9. The molecular weight excluding hydrogens is 418 g/mol. The van der Waals surface area contributed by atoms with Crippen LogP contribution in [0.1, 0.15) is 46.5 Å². The fourth-order valence-corrected chi connectivity index (χ4v) is 6.13. The Bertz CT molecular complexity index is 834. The van der Waals surface area contributed by atoms with Crippen LogP contribution < -0.4 is 9.62 Å². The molecule has 0 atom stereocenters. The van der Waals surface area contributed by atoms with Crippen molar-refractivity contribution in [3.8, 4) is 0 Å². The zero-order chi connectivity index (χ0) is 21.7. The van der Waals surface area contributed by atoms with Crippen molar-refractivity contribution in [3.63, 3.8) is 0 Å². The molecule has 0 bridgehead atoms. The summed E-state index contributed by atoms with van der Waals surface area (Å²) >= 11 is 1.68. The predicted molar refractivity (Wildman–Crippen MR) is 124 cm³/mol. The van der Waals surface area contributed by atoms with E-state index in [1.165, 1.54) is 13.3 Å². The standard InChI is InChI=1S/C22H35N3O3S2/c1-17(2)7-11-24-12-8-19(9-13-24)16-23-30(27,28)20-5-6-22-21(15-20)25(18(3)26)10-4-14-29-22/h5-6,15,17,19,23H,4,7-14,16H2,1-3H3. The van der Waals surface area contributed by atoms with E-state index in [0.717, 1.165) is 49.5 Å². The number of carbonyl (C=O) groups is 1. The molecule has 6 nitrogen and oxygen atoms in total. The number of nitrogens with one attached hydrogen (secondary N) is 1. The first-order chi connectivity index (χ1) is 14.3. The van der Waals surface area contributed by atoms with Crippen LogP contribution in [0.15, 0.2) is 28.0 Å². The maximum absolute atomic E-state index is 12.9. The van der Waals surface area contributed by atoms with Crippen LogP contribution in [0.25, 0.3) is 0 Å². The normalized spacial score (nSPS) is 19.0. The highest BCUT2D eigenvalue weighted by Gasteiger charge is 2.25. The van der Waals surface area contributed by atoms with E-state index in [2.05, 4.69) is 23.5 Å². The van der Waals surface area contributed by atoms with Gasteiger partial charge in [0.05, 0.1) is 10.6 Å². The van der Waals surface area contributed by atoms with E-state index in [-0.39, 0.29) is 10.8 Å². The number of hydrogen-bond donors (Lipinski definition) is 1. The molecule has 2 aliphatic heterocycles. The lowest BCUT2D eigenvalue weighted by Crippen LogP contribution is -2.39. The molecule has 0 saturated carbocycles. The quantitative estimate of drug-likeness (QED) is 0.683. The molecule has 30 heavy (non-hydrogen) atoms. The minimum atomic E-state index is -3.60. The van der Waals surface area contributed by atoms with Gasteiger partial charge in [-0.05, 0) is 81.1 Å². The summed E-state index contributed by atoms with van der Waals surface area (Å²) in [6, 6.07) is 5.15. The highest BCUT2D eigenvalue weighted by Crippen LogP contribution is 2.35. The molecule has 1 saturated heterocycles. The van der Waals surface area contributed by atoms with E-state index in [9.17, 15) is 13.2 Å².